The first-order chi connectivity index (χ1) is 33.8. The maximum absolute atomic E-state index is 12.9. The van der Waals surface area contributed by atoms with E-state index >= 15 is 0 Å². The zero-order valence-corrected chi connectivity index (χ0v) is 42.0. The highest BCUT2D eigenvalue weighted by atomic mass is 16.5. The van der Waals surface area contributed by atoms with Gasteiger partial charge < -0.3 is 67.3 Å². The third-order valence-electron chi connectivity index (χ3n) is 14.4. The molecular weight excluding hydrogens is 901 g/mol. The van der Waals surface area contributed by atoms with E-state index in [1.807, 2.05) is 30.3 Å². The highest BCUT2D eigenvalue weighted by Crippen LogP contribution is 2.47. The van der Waals surface area contributed by atoms with Crippen molar-refractivity contribution in [1.82, 2.24) is 0 Å². The average molecular weight is 973 g/mol. The number of benzene rings is 4. The van der Waals surface area contributed by atoms with Crippen LogP contribution >= 0.6 is 0 Å². The zero-order chi connectivity index (χ0) is 50.6. The smallest absolute Gasteiger partial charge is 0.331 e. The molecule has 2 heterocycles. The molecule has 4 aromatic rings. The zero-order valence-electron chi connectivity index (χ0n) is 42.0. The number of carbonyl (C=O) groups excluding carboxylic acids is 2. The summed E-state index contributed by atoms with van der Waals surface area (Å²) >= 11 is 0. The Balaban J connectivity index is 1.08. The van der Waals surface area contributed by atoms with Crippen LogP contribution in [0.15, 0.2) is 60.7 Å². The van der Waals surface area contributed by atoms with Crippen LogP contribution in [0.4, 0.5) is 0 Å². The van der Waals surface area contributed by atoms with E-state index in [1.54, 1.807) is 35.5 Å². The van der Waals surface area contributed by atoms with E-state index in [1.165, 1.54) is 18.2 Å². The summed E-state index contributed by atoms with van der Waals surface area (Å²) in [6.07, 6.45) is 5.99. The molecule has 4 aromatic carbocycles. The number of aliphatic hydroxyl groups excluding tert-OH is 4. The molecule has 2 aliphatic rings. The molecule has 4 N–H and O–H groups in total. The van der Waals surface area contributed by atoms with Crippen LogP contribution < -0.4 is 28.4 Å². The number of nitrogens with zero attached hydrogens (tertiary/aromatic N) is 2. The van der Waals surface area contributed by atoms with Crippen molar-refractivity contribution in [2.45, 2.75) is 77.0 Å². The summed E-state index contributed by atoms with van der Waals surface area (Å²) in [5, 5.41) is 40.9. The minimum absolute atomic E-state index is 0.0456. The van der Waals surface area contributed by atoms with Crippen LogP contribution in [0.25, 0.3) is 0 Å². The van der Waals surface area contributed by atoms with Crippen molar-refractivity contribution in [3.8, 4) is 34.5 Å². The second kappa shape index (κ2) is 24.3. The molecule has 0 saturated heterocycles. The van der Waals surface area contributed by atoms with Crippen molar-refractivity contribution in [2.24, 2.45) is 0 Å². The first-order valence-corrected chi connectivity index (χ1v) is 23.8. The summed E-state index contributed by atoms with van der Waals surface area (Å²) in [6.45, 7) is 2.02. The highest BCUT2D eigenvalue weighted by molar-refractivity contribution is 5.91. The Kier molecular flexibility index (Phi) is 18.6. The van der Waals surface area contributed by atoms with Crippen LogP contribution in [-0.4, -0.2) is 137 Å². The van der Waals surface area contributed by atoms with Gasteiger partial charge >= 0.3 is 11.9 Å². The molecule has 4 atom stereocenters. The molecule has 16 nitrogen and oxygen atoms in total. The van der Waals surface area contributed by atoms with Crippen molar-refractivity contribution in [2.75, 3.05) is 96.1 Å². The number of quaternary nitrogens is 2. The molecule has 0 fully saturated rings. The lowest BCUT2D eigenvalue weighted by atomic mass is 9.82. The molecule has 70 heavy (non-hydrogen) atoms. The van der Waals surface area contributed by atoms with Gasteiger partial charge in [-0.05, 0) is 63.7 Å². The molecule has 380 valence electrons. The SMILES string of the molecule is COc1ccc(CC2c3cc(OC)c(OC)cc3CC[N+]2(C)CCCOC(=O)C=CC(=O)OCCC[N+]2(C)CCc3cc(CO)c(CO)c(OC)c3C2Cc2cc(CO)c(CO)c(OC)c2)cc1OC. The van der Waals surface area contributed by atoms with E-state index in [9.17, 15) is 30.0 Å². The van der Waals surface area contributed by atoms with Crippen molar-refractivity contribution in [1.29, 1.82) is 0 Å². The lowest BCUT2D eigenvalue weighted by molar-refractivity contribution is -0.941. The van der Waals surface area contributed by atoms with Crippen LogP contribution in [0.2, 0.25) is 0 Å². The minimum Gasteiger partial charge on any atom is -0.496 e. The molecule has 0 spiro atoms. The third kappa shape index (κ3) is 11.8. The molecule has 4 unspecified atom stereocenters. The van der Waals surface area contributed by atoms with E-state index < -0.39 is 11.9 Å². The fraction of sp³-hybridized carbons (Fsp3) is 0.481. The minimum atomic E-state index is -0.659. The van der Waals surface area contributed by atoms with E-state index in [4.69, 9.17) is 37.9 Å². The van der Waals surface area contributed by atoms with Crippen molar-refractivity contribution in [3.05, 3.63) is 116 Å². The number of ether oxygens (including phenoxy) is 8. The number of carbonyl (C=O) groups is 2. The van der Waals surface area contributed by atoms with Crippen LogP contribution in [0, 0.1) is 0 Å². The summed E-state index contributed by atoms with van der Waals surface area (Å²) in [6, 6.07) is 15.7. The van der Waals surface area contributed by atoms with Crippen LogP contribution in [0.5, 0.6) is 34.5 Å². The first kappa shape index (κ1) is 53.5. The second-order valence-corrected chi connectivity index (χ2v) is 18.5. The predicted molar refractivity (Wildman–Crippen MR) is 261 cm³/mol. The molecule has 0 aliphatic carbocycles. The molecule has 2 aliphatic heterocycles. The van der Waals surface area contributed by atoms with E-state index in [-0.39, 0.29) is 51.7 Å². The van der Waals surface area contributed by atoms with Gasteiger partial charge in [0.15, 0.2) is 23.0 Å². The fourth-order valence-electron chi connectivity index (χ4n) is 10.6. The van der Waals surface area contributed by atoms with E-state index in [0.29, 0.717) is 104 Å². The molecule has 0 amide bonds. The number of methoxy groups -OCH3 is 6. The van der Waals surface area contributed by atoms with Gasteiger partial charge in [-0.1, -0.05) is 18.2 Å². The van der Waals surface area contributed by atoms with E-state index in [2.05, 4.69) is 32.3 Å². The Morgan fingerprint density at radius 2 is 1.07 bits per heavy atom. The standard InChI is InChI=1S/C54H72N2O14/c1-55(19-15-37-29-49(66-6)50(67-7)30-41(37)44(55)24-35-11-12-46(63-3)48(26-35)65-5)17-9-21-69-51(61)13-14-52(62)70-22-10-18-56(2)20-16-38-28-40(32-58)43(34-60)54(68-8)53(38)45(56)25-36-23-39(31-57)42(33-59)47(27-36)64-4/h11-14,23,26-30,44-45,57-60H,9-10,15-22,24-25,31-34H2,1-8H3/q+2. The third-order valence-corrected chi connectivity index (χ3v) is 14.4. The normalized spacial score (nSPS) is 19.5. The summed E-state index contributed by atoms with van der Waals surface area (Å²) in [5.74, 6) is 2.37. The van der Waals surface area contributed by atoms with Gasteiger partial charge in [0.2, 0.25) is 0 Å². The highest BCUT2D eigenvalue weighted by Gasteiger charge is 2.43. The van der Waals surface area contributed by atoms with Gasteiger partial charge in [0.25, 0.3) is 0 Å². The monoisotopic (exact) mass is 972 g/mol. The maximum Gasteiger partial charge on any atom is 0.331 e. The van der Waals surface area contributed by atoms with Crippen molar-refractivity contribution >= 4 is 11.9 Å². The number of rotatable bonds is 24. The van der Waals surface area contributed by atoms with E-state index in [0.717, 1.165) is 60.5 Å². The summed E-state index contributed by atoms with van der Waals surface area (Å²) < 4.78 is 46.5. The predicted octanol–water partition coefficient (Wildman–Crippen LogP) is 5.40. The van der Waals surface area contributed by atoms with Crippen molar-refractivity contribution in [3.63, 3.8) is 0 Å². The van der Waals surface area contributed by atoms with Gasteiger partial charge in [-0.3, -0.25) is 0 Å². The lowest BCUT2D eigenvalue weighted by Gasteiger charge is -2.46. The molecule has 0 bridgehead atoms. The van der Waals surface area contributed by atoms with Crippen LogP contribution in [0.1, 0.15) is 80.6 Å². The molecule has 6 rings (SSSR count). The maximum atomic E-state index is 12.9. The largest absolute Gasteiger partial charge is 0.496 e. The molecule has 0 saturated carbocycles. The molecule has 16 heteroatoms. The molecule has 0 aromatic heterocycles. The second-order valence-electron chi connectivity index (χ2n) is 18.5. The summed E-state index contributed by atoms with van der Waals surface area (Å²) in [5.41, 5.74) is 8.47. The van der Waals surface area contributed by atoms with Crippen molar-refractivity contribution < 1.29 is 76.9 Å². The fourth-order valence-corrected chi connectivity index (χ4v) is 10.6. The van der Waals surface area contributed by atoms with Gasteiger partial charge in [-0.2, -0.15) is 0 Å². The number of esters is 2. The Morgan fingerprint density at radius 1 is 0.557 bits per heavy atom. The Labute approximate surface area is 411 Å². The Hall–Kier alpha value is -5.88. The van der Waals surface area contributed by atoms with Gasteiger partial charge in [0, 0.05) is 67.4 Å². The average Bonchev–Trinajstić information content (AvgIpc) is 3.38. The quantitative estimate of drug-likeness (QED) is 0.0302. The number of likely N-dealkylation sites (N-methyl/N-ethyl adjacent to an activating group) is 2. The topological polar surface area (TPSA) is 189 Å². The van der Waals surface area contributed by atoms with Gasteiger partial charge in [-0.15, -0.1) is 0 Å². The summed E-state index contributed by atoms with van der Waals surface area (Å²) in [7, 11) is 14.0. The van der Waals surface area contributed by atoms with Gasteiger partial charge in [-0.25, -0.2) is 9.59 Å². The van der Waals surface area contributed by atoms with Gasteiger partial charge in [0.05, 0.1) is 128 Å². The number of fused-ring (bicyclic) bond motifs is 2. The molecular formula is C54H72N2O14+2. The number of hydrogen-bond acceptors (Lipinski definition) is 14. The first-order valence-electron chi connectivity index (χ1n) is 23.8. The number of aliphatic hydroxyl groups is 4. The van der Waals surface area contributed by atoms with Crippen LogP contribution in [0.3, 0.4) is 0 Å². The Bertz CT molecular complexity index is 2470. The number of hydrogen-bond donors (Lipinski definition) is 4. The Morgan fingerprint density at radius 3 is 1.63 bits per heavy atom. The molecule has 0 radical (unpaired) electrons. The lowest BCUT2D eigenvalue weighted by Crippen LogP contribution is -2.53. The van der Waals surface area contributed by atoms with Crippen LogP contribution in [-0.2, 0) is 71.2 Å². The van der Waals surface area contributed by atoms with Gasteiger partial charge in [0.1, 0.15) is 23.6 Å². The summed E-state index contributed by atoms with van der Waals surface area (Å²) in [4.78, 5) is 25.8.